The highest BCUT2D eigenvalue weighted by atomic mass is 14.2. The van der Waals surface area contributed by atoms with Gasteiger partial charge >= 0.3 is 0 Å². The summed E-state index contributed by atoms with van der Waals surface area (Å²) in [6.07, 6.45) is 4.50. The van der Waals surface area contributed by atoms with Crippen LogP contribution in [-0.4, -0.2) is 0 Å². The molecule has 0 fully saturated rings. The number of hydrogen-bond acceptors (Lipinski definition) is 0. The van der Waals surface area contributed by atoms with Gasteiger partial charge in [0, 0.05) is 12.8 Å². The summed E-state index contributed by atoms with van der Waals surface area (Å²) in [6, 6.07) is 8.81. The molecule has 14 heavy (non-hydrogen) atoms. The van der Waals surface area contributed by atoms with Gasteiger partial charge in [-0.3, -0.25) is 0 Å². The molecule has 2 rings (SSSR count). The number of aryl methyl sites for hydroxylation is 1. The maximum atomic E-state index is 3.23. The lowest BCUT2D eigenvalue weighted by Gasteiger charge is -2.18. The van der Waals surface area contributed by atoms with Crippen LogP contribution in [0.1, 0.15) is 43.2 Å². The van der Waals surface area contributed by atoms with Crippen LogP contribution in [0, 0.1) is 11.8 Å². The van der Waals surface area contributed by atoms with Crippen LogP contribution >= 0.6 is 0 Å². The molecule has 1 atom stereocenters. The predicted molar refractivity (Wildman–Crippen MR) is 60.2 cm³/mol. The van der Waals surface area contributed by atoms with E-state index < -0.39 is 0 Å². The van der Waals surface area contributed by atoms with Crippen molar-refractivity contribution in [3.05, 3.63) is 35.4 Å². The minimum atomic E-state index is 0.687. The minimum Gasteiger partial charge on any atom is -0.103 e. The first kappa shape index (κ1) is 9.34. The van der Waals surface area contributed by atoms with Gasteiger partial charge in [0.05, 0.1) is 0 Å². The van der Waals surface area contributed by atoms with E-state index in [0.717, 1.165) is 19.3 Å². The van der Waals surface area contributed by atoms with Crippen molar-refractivity contribution in [1.29, 1.82) is 0 Å². The molecule has 0 heterocycles. The SMILES string of the molecule is CCc1ccccc1C1CC#CCC1. The number of hydrogen-bond donors (Lipinski definition) is 0. The summed E-state index contributed by atoms with van der Waals surface area (Å²) >= 11 is 0. The van der Waals surface area contributed by atoms with Gasteiger partial charge in [-0.2, -0.15) is 0 Å². The molecule has 1 aliphatic carbocycles. The first-order valence-corrected chi connectivity index (χ1v) is 5.45. The van der Waals surface area contributed by atoms with Gasteiger partial charge < -0.3 is 0 Å². The topological polar surface area (TPSA) is 0 Å². The lowest BCUT2D eigenvalue weighted by atomic mass is 9.85. The predicted octanol–water partition coefficient (Wildman–Crippen LogP) is 3.52. The van der Waals surface area contributed by atoms with Gasteiger partial charge in [-0.1, -0.05) is 31.2 Å². The Balaban J connectivity index is 2.27. The van der Waals surface area contributed by atoms with E-state index in [0.29, 0.717) is 5.92 Å². The van der Waals surface area contributed by atoms with Gasteiger partial charge in [-0.05, 0) is 29.9 Å². The summed E-state index contributed by atoms with van der Waals surface area (Å²) in [4.78, 5) is 0. The molecule has 0 aromatic heterocycles. The molecule has 0 nitrogen and oxygen atoms in total. The molecule has 0 aliphatic heterocycles. The number of rotatable bonds is 2. The molecule has 1 aliphatic rings. The van der Waals surface area contributed by atoms with Gasteiger partial charge in [-0.15, -0.1) is 11.8 Å². The minimum absolute atomic E-state index is 0.687. The Bertz CT molecular complexity index is 365. The molecule has 0 heteroatoms. The van der Waals surface area contributed by atoms with Crippen LogP contribution in [0.3, 0.4) is 0 Å². The van der Waals surface area contributed by atoms with E-state index in [1.54, 1.807) is 0 Å². The zero-order valence-electron chi connectivity index (χ0n) is 8.72. The van der Waals surface area contributed by atoms with E-state index in [-0.39, 0.29) is 0 Å². The largest absolute Gasteiger partial charge is 0.103 e. The maximum absolute atomic E-state index is 3.23. The Morgan fingerprint density at radius 1 is 1.29 bits per heavy atom. The molecule has 0 saturated heterocycles. The summed E-state index contributed by atoms with van der Waals surface area (Å²) in [5, 5.41) is 0. The molecule has 0 radical (unpaired) electrons. The molecule has 1 aromatic rings. The monoisotopic (exact) mass is 184 g/mol. The summed E-state index contributed by atoms with van der Waals surface area (Å²) in [7, 11) is 0. The molecule has 0 N–H and O–H groups in total. The first-order valence-electron chi connectivity index (χ1n) is 5.45. The highest BCUT2D eigenvalue weighted by molar-refractivity contribution is 5.32. The third-order valence-corrected chi connectivity index (χ3v) is 2.97. The Morgan fingerprint density at radius 3 is 2.86 bits per heavy atom. The highest BCUT2D eigenvalue weighted by Gasteiger charge is 2.14. The molecule has 0 saturated carbocycles. The molecule has 0 amide bonds. The smallest absolute Gasteiger partial charge is 0.0158 e. The molecule has 72 valence electrons. The molecular formula is C14H16. The fourth-order valence-corrected chi connectivity index (χ4v) is 2.15. The van der Waals surface area contributed by atoms with Crippen LogP contribution in [0.15, 0.2) is 24.3 Å². The summed E-state index contributed by atoms with van der Waals surface area (Å²) < 4.78 is 0. The lowest BCUT2D eigenvalue weighted by molar-refractivity contribution is 0.635. The fraction of sp³-hybridized carbons (Fsp3) is 0.429. The maximum Gasteiger partial charge on any atom is 0.0158 e. The van der Waals surface area contributed by atoms with Gasteiger partial charge in [0.1, 0.15) is 0 Å². The summed E-state index contributed by atoms with van der Waals surface area (Å²) in [5.41, 5.74) is 3.03. The Kier molecular flexibility index (Phi) is 2.89. The van der Waals surface area contributed by atoms with Crippen LogP contribution in [0.4, 0.5) is 0 Å². The number of benzene rings is 1. The van der Waals surface area contributed by atoms with Crippen molar-refractivity contribution in [2.75, 3.05) is 0 Å². The van der Waals surface area contributed by atoms with Crippen molar-refractivity contribution >= 4 is 0 Å². The van der Waals surface area contributed by atoms with E-state index in [1.165, 1.54) is 17.5 Å². The average Bonchev–Trinajstić information content (AvgIpc) is 2.30. The van der Waals surface area contributed by atoms with E-state index in [1.807, 2.05) is 0 Å². The van der Waals surface area contributed by atoms with Crippen molar-refractivity contribution in [2.24, 2.45) is 0 Å². The van der Waals surface area contributed by atoms with Crippen molar-refractivity contribution in [3.8, 4) is 11.8 Å². The molecule has 1 aromatic carbocycles. The van der Waals surface area contributed by atoms with Crippen molar-refractivity contribution in [1.82, 2.24) is 0 Å². The van der Waals surface area contributed by atoms with E-state index in [4.69, 9.17) is 0 Å². The van der Waals surface area contributed by atoms with E-state index in [9.17, 15) is 0 Å². The van der Waals surface area contributed by atoms with Crippen molar-refractivity contribution in [2.45, 2.75) is 38.5 Å². The zero-order valence-corrected chi connectivity index (χ0v) is 8.72. The molecular weight excluding hydrogens is 168 g/mol. The molecule has 0 spiro atoms. The van der Waals surface area contributed by atoms with Crippen LogP contribution in [-0.2, 0) is 6.42 Å². The van der Waals surface area contributed by atoms with Gasteiger partial charge in [-0.25, -0.2) is 0 Å². The second-order valence-electron chi connectivity index (χ2n) is 3.85. The third-order valence-electron chi connectivity index (χ3n) is 2.97. The van der Waals surface area contributed by atoms with Gasteiger partial charge in [0.15, 0.2) is 0 Å². The van der Waals surface area contributed by atoms with Gasteiger partial charge in [0.25, 0.3) is 0 Å². The molecule has 0 bridgehead atoms. The average molecular weight is 184 g/mol. The second-order valence-corrected chi connectivity index (χ2v) is 3.85. The van der Waals surface area contributed by atoms with Crippen molar-refractivity contribution < 1.29 is 0 Å². The summed E-state index contributed by atoms with van der Waals surface area (Å²) in [5.74, 6) is 7.09. The molecule has 1 unspecified atom stereocenters. The fourth-order valence-electron chi connectivity index (χ4n) is 2.15. The zero-order chi connectivity index (χ0) is 9.80. The van der Waals surface area contributed by atoms with Crippen LogP contribution in [0.5, 0.6) is 0 Å². The van der Waals surface area contributed by atoms with E-state index in [2.05, 4.69) is 43.0 Å². The van der Waals surface area contributed by atoms with Crippen LogP contribution in [0.25, 0.3) is 0 Å². The lowest BCUT2D eigenvalue weighted by Crippen LogP contribution is -2.04. The Labute approximate surface area is 86.3 Å². The summed E-state index contributed by atoms with van der Waals surface area (Å²) in [6.45, 7) is 2.23. The normalized spacial score (nSPS) is 19.9. The highest BCUT2D eigenvalue weighted by Crippen LogP contribution is 2.29. The standard InChI is InChI=1S/C14H16/c1-2-12-8-6-7-11-14(12)13-9-4-3-5-10-13/h6-8,11,13H,2,4,9-10H2,1H3. The van der Waals surface area contributed by atoms with E-state index >= 15 is 0 Å². The second kappa shape index (κ2) is 4.33. The quantitative estimate of drug-likeness (QED) is 0.617. The van der Waals surface area contributed by atoms with Gasteiger partial charge in [0.2, 0.25) is 0 Å². The first-order chi connectivity index (χ1) is 6.92. The van der Waals surface area contributed by atoms with Crippen LogP contribution < -0.4 is 0 Å². The van der Waals surface area contributed by atoms with Crippen LogP contribution in [0.2, 0.25) is 0 Å². The third kappa shape index (κ3) is 1.82. The van der Waals surface area contributed by atoms with Crippen molar-refractivity contribution in [3.63, 3.8) is 0 Å². The Hall–Kier alpha value is -1.22. The Morgan fingerprint density at radius 2 is 2.14 bits per heavy atom.